The molecule has 1 amide bonds. The van der Waals surface area contributed by atoms with Gasteiger partial charge in [-0.3, -0.25) is 14.5 Å². The summed E-state index contributed by atoms with van der Waals surface area (Å²) < 4.78 is 28.9. The van der Waals surface area contributed by atoms with Crippen molar-refractivity contribution < 1.29 is 22.7 Å². The van der Waals surface area contributed by atoms with Crippen molar-refractivity contribution in [1.29, 1.82) is 0 Å². The van der Waals surface area contributed by atoms with Gasteiger partial charge in [0.25, 0.3) is 5.91 Å². The fourth-order valence-corrected chi connectivity index (χ4v) is 5.85. The first-order valence-electron chi connectivity index (χ1n) is 7.52. The molecule has 0 aliphatic carbocycles. The zero-order valence-corrected chi connectivity index (χ0v) is 15.7. The Kier molecular flexibility index (Phi) is 4.99. The van der Waals surface area contributed by atoms with E-state index in [9.17, 15) is 18.0 Å². The summed E-state index contributed by atoms with van der Waals surface area (Å²) in [5, 5.41) is 0. The van der Waals surface area contributed by atoms with Gasteiger partial charge in [-0.05, 0) is 18.6 Å². The Hall–Kier alpha value is -1.71. The average Bonchev–Trinajstić information content (AvgIpc) is 3.00. The second-order valence-corrected chi connectivity index (χ2v) is 9.64. The van der Waals surface area contributed by atoms with E-state index in [2.05, 4.69) is 0 Å². The SMILES string of the molecule is CC(=O)Oc1ccccc1/C=C1/SC(=S)N(C2CCS(=O)(=O)C2)C1=O. The number of sulfone groups is 1. The van der Waals surface area contributed by atoms with Crippen LogP contribution in [0.3, 0.4) is 0 Å². The molecule has 25 heavy (non-hydrogen) atoms. The van der Waals surface area contributed by atoms with Gasteiger partial charge in [0, 0.05) is 12.5 Å². The van der Waals surface area contributed by atoms with Crippen LogP contribution >= 0.6 is 24.0 Å². The first kappa shape index (κ1) is 18.1. The predicted octanol–water partition coefficient (Wildman–Crippen LogP) is 2.00. The van der Waals surface area contributed by atoms with Gasteiger partial charge in [0.15, 0.2) is 9.84 Å². The number of hydrogen-bond donors (Lipinski definition) is 0. The minimum Gasteiger partial charge on any atom is -0.426 e. The first-order chi connectivity index (χ1) is 11.8. The van der Waals surface area contributed by atoms with E-state index in [-0.39, 0.29) is 17.4 Å². The van der Waals surface area contributed by atoms with Crippen LogP contribution in [0.5, 0.6) is 5.75 Å². The molecule has 2 heterocycles. The third-order valence-electron chi connectivity index (χ3n) is 3.86. The summed E-state index contributed by atoms with van der Waals surface area (Å²) in [5.41, 5.74) is 0.581. The minimum absolute atomic E-state index is 0.0588. The Balaban J connectivity index is 1.88. The maximum atomic E-state index is 12.7. The van der Waals surface area contributed by atoms with E-state index in [0.717, 1.165) is 11.8 Å². The van der Waals surface area contributed by atoms with E-state index in [0.29, 0.717) is 27.0 Å². The molecule has 2 aliphatic heterocycles. The number of ether oxygens (including phenoxy) is 1. The van der Waals surface area contributed by atoms with Crippen LogP contribution in [0.1, 0.15) is 18.9 Å². The van der Waals surface area contributed by atoms with Crippen LogP contribution in [0.4, 0.5) is 0 Å². The smallest absolute Gasteiger partial charge is 0.308 e. The third-order valence-corrected chi connectivity index (χ3v) is 6.94. The summed E-state index contributed by atoms with van der Waals surface area (Å²) in [6.45, 7) is 1.30. The van der Waals surface area contributed by atoms with Crippen LogP contribution in [0, 0.1) is 0 Å². The number of esters is 1. The fraction of sp³-hybridized carbons (Fsp3) is 0.312. The van der Waals surface area contributed by atoms with Gasteiger partial charge in [0.1, 0.15) is 10.1 Å². The largest absolute Gasteiger partial charge is 0.426 e. The lowest BCUT2D eigenvalue weighted by Gasteiger charge is -2.20. The van der Waals surface area contributed by atoms with Crippen molar-refractivity contribution in [3.8, 4) is 5.75 Å². The van der Waals surface area contributed by atoms with Gasteiger partial charge in [0.05, 0.1) is 22.5 Å². The fourth-order valence-electron chi connectivity index (χ4n) is 2.76. The second kappa shape index (κ2) is 6.89. The molecule has 0 radical (unpaired) electrons. The summed E-state index contributed by atoms with van der Waals surface area (Å²) in [5.74, 6) is -0.400. The molecule has 3 rings (SSSR count). The van der Waals surface area contributed by atoms with Crippen molar-refractivity contribution in [3.63, 3.8) is 0 Å². The highest BCUT2D eigenvalue weighted by Crippen LogP contribution is 2.37. The number of amides is 1. The molecule has 0 aromatic heterocycles. The molecule has 9 heteroatoms. The molecule has 1 aromatic rings. The van der Waals surface area contributed by atoms with Crippen molar-refractivity contribution in [3.05, 3.63) is 34.7 Å². The Morgan fingerprint density at radius 2 is 2.12 bits per heavy atom. The lowest BCUT2D eigenvalue weighted by atomic mass is 10.1. The van der Waals surface area contributed by atoms with Crippen LogP contribution in [0.25, 0.3) is 6.08 Å². The predicted molar refractivity (Wildman–Crippen MR) is 99.8 cm³/mol. The van der Waals surface area contributed by atoms with Gasteiger partial charge in [-0.25, -0.2) is 8.42 Å². The van der Waals surface area contributed by atoms with Crippen LogP contribution < -0.4 is 4.74 Å². The van der Waals surface area contributed by atoms with Crippen LogP contribution in [0.2, 0.25) is 0 Å². The summed E-state index contributed by atoms with van der Waals surface area (Å²) >= 11 is 6.40. The average molecular weight is 397 g/mol. The van der Waals surface area contributed by atoms with Crippen LogP contribution in [-0.2, 0) is 19.4 Å². The normalized spacial score (nSPS) is 24.1. The maximum absolute atomic E-state index is 12.7. The van der Waals surface area contributed by atoms with Crippen molar-refractivity contribution >= 4 is 56.1 Å². The highest BCUT2D eigenvalue weighted by Gasteiger charge is 2.42. The summed E-state index contributed by atoms with van der Waals surface area (Å²) in [6.07, 6.45) is 2.01. The highest BCUT2D eigenvalue weighted by molar-refractivity contribution is 8.26. The molecule has 0 bridgehead atoms. The standard InChI is InChI=1S/C16H15NO5S3/c1-10(18)22-13-5-3-2-4-11(13)8-14-15(19)17(16(23)24-14)12-6-7-25(20,21)9-12/h2-5,8,12H,6-7,9H2,1H3/b14-8+. The topological polar surface area (TPSA) is 80.8 Å². The monoisotopic (exact) mass is 397 g/mol. The maximum Gasteiger partial charge on any atom is 0.308 e. The third kappa shape index (κ3) is 3.94. The van der Waals surface area contributed by atoms with E-state index >= 15 is 0 Å². The molecular formula is C16H15NO5S3. The summed E-state index contributed by atoms with van der Waals surface area (Å²) in [4.78, 5) is 25.7. The number of benzene rings is 1. The number of thiocarbonyl (C=S) groups is 1. The summed E-state index contributed by atoms with van der Waals surface area (Å²) in [6, 6.07) is 6.45. The van der Waals surface area contributed by atoms with Crippen molar-refractivity contribution in [1.82, 2.24) is 4.90 Å². The molecular weight excluding hydrogens is 382 g/mol. The number of para-hydroxylation sites is 1. The molecule has 0 spiro atoms. The molecule has 132 valence electrons. The number of carbonyl (C=O) groups excluding carboxylic acids is 2. The second-order valence-electron chi connectivity index (χ2n) is 5.74. The van der Waals surface area contributed by atoms with Gasteiger partial charge in [-0.2, -0.15) is 0 Å². The van der Waals surface area contributed by atoms with E-state index in [4.69, 9.17) is 17.0 Å². The summed E-state index contributed by atoms with van der Waals surface area (Å²) in [7, 11) is -3.12. The number of rotatable bonds is 3. The molecule has 0 N–H and O–H groups in total. The van der Waals surface area contributed by atoms with Crippen molar-refractivity contribution in [2.45, 2.75) is 19.4 Å². The first-order valence-corrected chi connectivity index (χ1v) is 10.6. The van der Waals surface area contributed by atoms with E-state index < -0.39 is 21.8 Å². The molecule has 2 aliphatic rings. The Morgan fingerprint density at radius 1 is 1.40 bits per heavy atom. The van der Waals surface area contributed by atoms with Gasteiger partial charge in [-0.15, -0.1) is 0 Å². The van der Waals surface area contributed by atoms with Crippen molar-refractivity contribution in [2.75, 3.05) is 11.5 Å². The molecule has 6 nitrogen and oxygen atoms in total. The van der Waals surface area contributed by atoms with Gasteiger partial charge >= 0.3 is 5.97 Å². The van der Waals surface area contributed by atoms with Gasteiger partial charge < -0.3 is 4.74 Å². The van der Waals surface area contributed by atoms with Crippen LogP contribution in [0.15, 0.2) is 29.2 Å². The van der Waals surface area contributed by atoms with Crippen LogP contribution in [-0.4, -0.2) is 47.1 Å². The minimum atomic E-state index is -3.12. The number of carbonyl (C=O) groups is 2. The van der Waals surface area contributed by atoms with E-state index in [1.165, 1.54) is 11.8 Å². The lowest BCUT2D eigenvalue weighted by molar-refractivity contribution is -0.131. The Labute approximate surface area is 155 Å². The Morgan fingerprint density at radius 3 is 2.76 bits per heavy atom. The highest BCUT2D eigenvalue weighted by atomic mass is 32.2. The molecule has 1 unspecified atom stereocenters. The molecule has 2 fully saturated rings. The number of hydrogen-bond acceptors (Lipinski definition) is 7. The lowest BCUT2D eigenvalue weighted by Crippen LogP contribution is -2.39. The zero-order valence-electron chi connectivity index (χ0n) is 13.3. The van der Waals surface area contributed by atoms with E-state index in [1.807, 2.05) is 0 Å². The number of thioether (sulfide) groups is 1. The van der Waals surface area contributed by atoms with Gasteiger partial charge in [-0.1, -0.05) is 42.2 Å². The quantitative estimate of drug-likeness (QED) is 0.334. The van der Waals surface area contributed by atoms with E-state index in [1.54, 1.807) is 30.3 Å². The molecule has 1 atom stereocenters. The van der Waals surface area contributed by atoms with Crippen molar-refractivity contribution in [2.24, 2.45) is 0 Å². The molecule has 1 aromatic carbocycles. The Bertz CT molecular complexity index is 891. The molecule has 0 saturated carbocycles. The number of nitrogens with zero attached hydrogens (tertiary/aromatic N) is 1. The zero-order chi connectivity index (χ0) is 18.2. The molecule has 2 saturated heterocycles. The van der Waals surface area contributed by atoms with Gasteiger partial charge in [0.2, 0.25) is 0 Å².